The van der Waals surface area contributed by atoms with Gasteiger partial charge in [-0.3, -0.25) is 9.62 Å². The highest BCUT2D eigenvalue weighted by Crippen LogP contribution is 2.20. The van der Waals surface area contributed by atoms with Crippen molar-refractivity contribution in [1.29, 1.82) is 0 Å². The van der Waals surface area contributed by atoms with Crippen LogP contribution >= 0.6 is 0 Å². The van der Waals surface area contributed by atoms with Gasteiger partial charge in [-0.05, 0) is 37.6 Å². The zero-order valence-corrected chi connectivity index (χ0v) is 17.4. The normalized spacial score (nSPS) is 16.6. The summed E-state index contributed by atoms with van der Waals surface area (Å²) in [6.45, 7) is 9.84. The fraction of sp³-hybridized carbons (Fsp3) is 0.429. The number of aryl methyl sites for hydroxylation is 1. The Morgan fingerprint density at radius 2 is 1.75 bits per heavy atom. The van der Waals surface area contributed by atoms with Crippen LogP contribution < -0.4 is 15.4 Å². The van der Waals surface area contributed by atoms with Gasteiger partial charge in [0.05, 0.1) is 10.6 Å². The van der Waals surface area contributed by atoms with Crippen LogP contribution in [0.15, 0.2) is 53.4 Å². The van der Waals surface area contributed by atoms with Crippen molar-refractivity contribution in [2.75, 3.05) is 37.4 Å². The maximum Gasteiger partial charge on any atom is 0.261 e. The van der Waals surface area contributed by atoms with E-state index in [-0.39, 0.29) is 4.90 Å². The number of hydrogen-bond donors (Lipinski definition) is 3. The van der Waals surface area contributed by atoms with Crippen LogP contribution in [0.3, 0.4) is 0 Å². The molecule has 3 rings (SSSR count). The summed E-state index contributed by atoms with van der Waals surface area (Å²) in [5, 5.41) is 6.85. The van der Waals surface area contributed by atoms with Crippen LogP contribution in [0.25, 0.3) is 0 Å². The van der Waals surface area contributed by atoms with E-state index >= 15 is 0 Å². The van der Waals surface area contributed by atoms with E-state index in [1.807, 2.05) is 31.2 Å². The van der Waals surface area contributed by atoms with Crippen LogP contribution in [0.1, 0.15) is 18.1 Å². The van der Waals surface area contributed by atoms with Crippen LogP contribution in [-0.4, -0.2) is 52.1 Å². The highest BCUT2D eigenvalue weighted by Gasteiger charge is 2.17. The molecule has 0 saturated carbocycles. The minimum Gasteiger partial charge on any atom is -0.314 e. The average molecular weight is 403 g/mol. The van der Waals surface area contributed by atoms with Gasteiger partial charge in [0.25, 0.3) is 10.0 Å². The molecule has 0 bridgehead atoms. The first kappa shape index (κ1) is 20.8. The maximum atomic E-state index is 12.7. The first-order valence-electron chi connectivity index (χ1n) is 9.78. The fourth-order valence-corrected chi connectivity index (χ4v) is 4.46. The lowest BCUT2D eigenvalue weighted by atomic mass is 10.1. The largest absolute Gasteiger partial charge is 0.314 e. The summed E-state index contributed by atoms with van der Waals surface area (Å²) in [6.07, 6.45) is 0. The van der Waals surface area contributed by atoms with Crippen LogP contribution in [-0.2, 0) is 16.6 Å². The minimum absolute atomic E-state index is 0.271. The molecule has 0 aromatic heterocycles. The molecule has 3 N–H and O–H groups in total. The minimum atomic E-state index is -3.60. The molecule has 2 aromatic carbocycles. The Balaban J connectivity index is 1.62. The number of rotatable bonds is 8. The number of para-hydroxylation sites is 1. The smallest absolute Gasteiger partial charge is 0.261 e. The van der Waals surface area contributed by atoms with E-state index in [1.165, 1.54) is 0 Å². The highest BCUT2D eigenvalue weighted by atomic mass is 32.2. The standard InChI is InChI=1S/C21H30N4O2S/c1-17-7-9-20(10-8-17)28(26,27)24-21-6-4-3-5-19(21)16-23-15-18(2)25-13-11-22-12-14-25/h3-10,18,22-24H,11-16H2,1-2H3. The van der Waals surface area contributed by atoms with Gasteiger partial charge in [-0.2, -0.15) is 0 Å². The predicted octanol–water partition coefficient (Wildman–Crippen LogP) is 2.18. The van der Waals surface area contributed by atoms with Crippen LogP contribution in [0, 0.1) is 6.92 Å². The number of benzene rings is 2. The Kier molecular flexibility index (Phi) is 7.07. The van der Waals surface area contributed by atoms with Crippen LogP contribution in [0.4, 0.5) is 5.69 Å². The Hall–Kier alpha value is -1.93. The van der Waals surface area contributed by atoms with Gasteiger partial charge in [-0.1, -0.05) is 35.9 Å². The van der Waals surface area contributed by atoms with Gasteiger partial charge in [-0.15, -0.1) is 0 Å². The number of nitrogens with zero attached hydrogens (tertiary/aromatic N) is 1. The zero-order valence-electron chi connectivity index (χ0n) is 16.6. The van der Waals surface area contributed by atoms with Crippen LogP contribution in [0.2, 0.25) is 0 Å². The SMILES string of the molecule is Cc1ccc(S(=O)(=O)Nc2ccccc2CNCC(C)N2CCNCC2)cc1. The predicted molar refractivity (Wildman–Crippen MR) is 114 cm³/mol. The van der Waals surface area contributed by atoms with Gasteiger partial charge in [0.1, 0.15) is 0 Å². The molecule has 6 nitrogen and oxygen atoms in total. The lowest BCUT2D eigenvalue weighted by molar-refractivity contribution is 0.181. The molecule has 0 radical (unpaired) electrons. The Morgan fingerprint density at radius 1 is 1.07 bits per heavy atom. The summed E-state index contributed by atoms with van der Waals surface area (Å²) in [6, 6.07) is 14.9. The second kappa shape index (κ2) is 9.52. The quantitative estimate of drug-likeness (QED) is 0.631. The second-order valence-corrected chi connectivity index (χ2v) is 9.02. The molecule has 1 fully saturated rings. The summed E-state index contributed by atoms with van der Waals surface area (Å²) in [4.78, 5) is 2.74. The third-order valence-corrected chi connectivity index (χ3v) is 6.50. The molecule has 1 saturated heterocycles. The average Bonchev–Trinajstić information content (AvgIpc) is 2.70. The topological polar surface area (TPSA) is 73.5 Å². The lowest BCUT2D eigenvalue weighted by Crippen LogP contribution is -2.50. The van der Waals surface area contributed by atoms with Crippen LogP contribution in [0.5, 0.6) is 0 Å². The molecule has 152 valence electrons. The Morgan fingerprint density at radius 3 is 2.46 bits per heavy atom. The number of hydrogen-bond acceptors (Lipinski definition) is 5. The summed E-state index contributed by atoms with van der Waals surface area (Å²) in [5.41, 5.74) is 2.58. The van der Waals surface area contributed by atoms with Crippen molar-refractivity contribution in [1.82, 2.24) is 15.5 Å². The number of sulfonamides is 1. The zero-order chi connectivity index (χ0) is 20.0. The monoisotopic (exact) mass is 402 g/mol. The maximum absolute atomic E-state index is 12.7. The van der Waals surface area contributed by atoms with E-state index < -0.39 is 10.0 Å². The third kappa shape index (κ3) is 5.54. The van der Waals surface area contributed by atoms with Gasteiger partial charge in [0.15, 0.2) is 0 Å². The fourth-order valence-electron chi connectivity index (χ4n) is 3.36. The first-order chi connectivity index (χ1) is 13.5. The number of nitrogens with one attached hydrogen (secondary N) is 3. The van der Waals surface area contributed by atoms with Crippen molar-refractivity contribution in [3.05, 3.63) is 59.7 Å². The van der Waals surface area contributed by atoms with E-state index in [1.54, 1.807) is 24.3 Å². The summed E-state index contributed by atoms with van der Waals surface area (Å²) < 4.78 is 28.2. The molecule has 0 aliphatic carbocycles. The number of piperazine rings is 1. The molecule has 1 unspecified atom stereocenters. The van der Waals surface area contributed by atoms with Crippen molar-refractivity contribution >= 4 is 15.7 Å². The summed E-state index contributed by atoms with van der Waals surface area (Å²) in [7, 11) is -3.60. The molecule has 1 heterocycles. The Labute approximate surface area is 168 Å². The van der Waals surface area contributed by atoms with Gasteiger partial charge >= 0.3 is 0 Å². The summed E-state index contributed by atoms with van der Waals surface area (Å²) in [5.74, 6) is 0. The van der Waals surface area contributed by atoms with E-state index in [9.17, 15) is 8.42 Å². The molecule has 2 aromatic rings. The lowest BCUT2D eigenvalue weighted by Gasteiger charge is -2.33. The molecular formula is C21H30N4O2S. The van der Waals surface area contributed by atoms with Gasteiger partial charge in [0, 0.05) is 45.3 Å². The molecule has 1 aliphatic heterocycles. The van der Waals surface area contributed by atoms with Crippen molar-refractivity contribution < 1.29 is 8.42 Å². The first-order valence-corrected chi connectivity index (χ1v) is 11.3. The third-order valence-electron chi connectivity index (χ3n) is 5.12. The van der Waals surface area contributed by atoms with Gasteiger partial charge < -0.3 is 10.6 Å². The molecule has 28 heavy (non-hydrogen) atoms. The van der Waals surface area contributed by atoms with Crippen molar-refractivity contribution in [2.45, 2.75) is 31.3 Å². The second-order valence-electron chi connectivity index (χ2n) is 7.34. The molecule has 7 heteroatoms. The van der Waals surface area contributed by atoms with E-state index in [0.717, 1.165) is 43.9 Å². The van der Waals surface area contributed by atoms with E-state index in [2.05, 4.69) is 27.2 Å². The highest BCUT2D eigenvalue weighted by molar-refractivity contribution is 7.92. The Bertz CT molecular complexity index is 862. The van der Waals surface area contributed by atoms with Crippen molar-refractivity contribution in [3.63, 3.8) is 0 Å². The number of anilines is 1. The van der Waals surface area contributed by atoms with Crippen molar-refractivity contribution in [3.8, 4) is 0 Å². The van der Waals surface area contributed by atoms with E-state index in [4.69, 9.17) is 0 Å². The van der Waals surface area contributed by atoms with E-state index in [0.29, 0.717) is 18.3 Å². The molecule has 1 aliphatic rings. The van der Waals surface area contributed by atoms with Crippen molar-refractivity contribution in [2.24, 2.45) is 0 Å². The van der Waals surface area contributed by atoms with Gasteiger partial charge in [0.2, 0.25) is 0 Å². The summed E-state index contributed by atoms with van der Waals surface area (Å²) >= 11 is 0. The molecule has 0 spiro atoms. The molecule has 1 atom stereocenters. The molecule has 0 amide bonds. The molecular weight excluding hydrogens is 372 g/mol. The van der Waals surface area contributed by atoms with Gasteiger partial charge in [-0.25, -0.2) is 8.42 Å².